The zero-order chi connectivity index (χ0) is 12.0. The molecule has 1 aromatic rings. The van der Waals surface area contributed by atoms with Crippen molar-refractivity contribution in [2.75, 3.05) is 19.6 Å². The first-order valence-corrected chi connectivity index (χ1v) is 6.36. The summed E-state index contributed by atoms with van der Waals surface area (Å²) in [6.07, 6.45) is -0.620. The van der Waals surface area contributed by atoms with Crippen LogP contribution in [0, 0.1) is 0 Å². The Bertz CT molecular complexity index is 310. The van der Waals surface area contributed by atoms with Gasteiger partial charge in [0, 0.05) is 19.6 Å². The van der Waals surface area contributed by atoms with Crippen molar-refractivity contribution in [1.29, 1.82) is 0 Å². The number of amides is 2. The summed E-state index contributed by atoms with van der Waals surface area (Å²) in [7, 11) is 0. The number of urea groups is 1. The molecule has 0 fully saturated rings. The summed E-state index contributed by atoms with van der Waals surface area (Å²) in [5.41, 5.74) is 0.852. The van der Waals surface area contributed by atoms with Gasteiger partial charge in [0.1, 0.15) is 0 Å². The number of rotatable bonds is 5. The molecule has 90 valence electrons. The SMILES string of the molecule is CCN(CC)C(=O)NC[C@@H](O)c1ccsc1. The van der Waals surface area contributed by atoms with Gasteiger partial charge in [0.25, 0.3) is 0 Å². The third-order valence-corrected chi connectivity index (χ3v) is 3.13. The number of nitrogens with zero attached hydrogens (tertiary/aromatic N) is 1. The van der Waals surface area contributed by atoms with Crippen molar-refractivity contribution in [1.82, 2.24) is 10.2 Å². The van der Waals surface area contributed by atoms with E-state index in [2.05, 4.69) is 5.32 Å². The highest BCUT2D eigenvalue weighted by Gasteiger charge is 2.12. The summed E-state index contributed by atoms with van der Waals surface area (Å²) in [6, 6.07) is 1.73. The third kappa shape index (κ3) is 3.50. The van der Waals surface area contributed by atoms with Gasteiger partial charge in [0.2, 0.25) is 0 Å². The lowest BCUT2D eigenvalue weighted by Gasteiger charge is -2.20. The number of thiophene rings is 1. The first kappa shape index (κ1) is 13.0. The molecule has 0 saturated heterocycles. The molecule has 1 atom stereocenters. The average molecular weight is 242 g/mol. The summed E-state index contributed by atoms with van der Waals surface area (Å²) < 4.78 is 0. The Morgan fingerprint density at radius 2 is 2.25 bits per heavy atom. The monoisotopic (exact) mass is 242 g/mol. The average Bonchev–Trinajstić information content (AvgIpc) is 2.81. The van der Waals surface area contributed by atoms with Crippen LogP contribution >= 0.6 is 11.3 Å². The highest BCUT2D eigenvalue weighted by Crippen LogP contribution is 2.14. The second-order valence-electron chi connectivity index (χ2n) is 3.43. The fourth-order valence-electron chi connectivity index (χ4n) is 1.39. The molecule has 0 aliphatic carbocycles. The van der Waals surface area contributed by atoms with E-state index in [1.54, 1.807) is 4.90 Å². The van der Waals surface area contributed by atoms with Crippen molar-refractivity contribution in [2.24, 2.45) is 0 Å². The van der Waals surface area contributed by atoms with Crippen molar-refractivity contribution in [3.8, 4) is 0 Å². The van der Waals surface area contributed by atoms with E-state index in [4.69, 9.17) is 0 Å². The van der Waals surface area contributed by atoms with E-state index in [0.29, 0.717) is 13.1 Å². The number of aliphatic hydroxyl groups excluding tert-OH is 1. The molecule has 0 radical (unpaired) electrons. The molecule has 16 heavy (non-hydrogen) atoms. The zero-order valence-corrected chi connectivity index (χ0v) is 10.5. The second kappa shape index (κ2) is 6.50. The lowest BCUT2D eigenvalue weighted by atomic mass is 10.2. The quantitative estimate of drug-likeness (QED) is 0.827. The fraction of sp³-hybridized carbons (Fsp3) is 0.545. The highest BCUT2D eigenvalue weighted by atomic mass is 32.1. The van der Waals surface area contributed by atoms with Crippen LogP contribution in [0.5, 0.6) is 0 Å². The Morgan fingerprint density at radius 1 is 1.56 bits per heavy atom. The highest BCUT2D eigenvalue weighted by molar-refractivity contribution is 7.07. The summed E-state index contributed by atoms with van der Waals surface area (Å²) in [4.78, 5) is 13.3. The Kier molecular flexibility index (Phi) is 5.28. The molecule has 1 aromatic heterocycles. The lowest BCUT2D eigenvalue weighted by molar-refractivity contribution is 0.164. The van der Waals surface area contributed by atoms with Crippen LogP contribution in [-0.4, -0.2) is 35.7 Å². The fourth-order valence-corrected chi connectivity index (χ4v) is 2.10. The summed E-state index contributed by atoms with van der Waals surface area (Å²) in [5.74, 6) is 0. The minimum atomic E-state index is -0.620. The maximum absolute atomic E-state index is 11.6. The summed E-state index contributed by atoms with van der Waals surface area (Å²) >= 11 is 1.53. The van der Waals surface area contributed by atoms with E-state index in [1.807, 2.05) is 30.7 Å². The van der Waals surface area contributed by atoms with Crippen LogP contribution < -0.4 is 5.32 Å². The zero-order valence-electron chi connectivity index (χ0n) is 9.64. The molecule has 0 aliphatic rings. The number of carbonyl (C=O) groups is 1. The molecule has 0 saturated carbocycles. The van der Waals surface area contributed by atoms with Crippen LogP contribution in [0.1, 0.15) is 25.5 Å². The normalized spacial score (nSPS) is 12.2. The maximum atomic E-state index is 11.6. The molecule has 0 aromatic carbocycles. The number of aliphatic hydroxyl groups is 1. The summed E-state index contributed by atoms with van der Waals surface area (Å²) in [6.45, 7) is 5.47. The molecule has 0 unspecified atom stereocenters. The largest absolute Gasteiger partial charge is 0.387 e. The predicted molar refractivity (Wildman–Crippen MR) is 65.6 cm³/mol. The number of hydrogen-bond donors (Lipinski definition) is 2. The van der Waals surface area contributed by atoms with Gasteiger partial charge in [-0.2, -0.15) is 11.3 Å². The van der Waals surface area contributed by atoms with Crippen molar-refractivity contribution in [3.63, 3.8) is 0 Å². The van der Waals surface area contributed by atoms with Crippen molar-refractivity contribution in [3.05, 3.63) is 22.4 Å². The third-order valence-electron chi connectivity index (χ3n) is 2.43. The molecule has 1 rings (SSSR count). The van der Waals surface area contributed by atoms with Gasteiger partial charge in [-0.25, -0.2) is 4.79 Å². The molecular formula is C11H18N2O2S. The Hall–Kier alpha value is -1.07. The van der Waals surface area contributed by atoms with Gasteiger partial charge in [-0.05, 0) is 36.2 Å². The van der Waals surface area contributed by atoms with Crippen LogP contribution in [0.2, 0.25) is 0 Å². The molecule has 0 spiro atoms. The number of nitrogens with one attached hydrogen (secondary N) is 1. The van der Waals surface area contributed by atoms with Crippen LogP contribution in [0.15, 0.2) is 16.8 Å². The number of carbonyl (C=O) groups excluding carboxylic acids is 1. The van der Waals surface area contributed by atoms with Gasteiger partial charge >= 0.3 is 6.03 Å². The predicted octanol–water partition coefficient (Wildman–Crippen LogP) is 1.83. The Morgan fingerprint density at radius 3 is 2.75 bits per heavy atom. The number of hydrogen-bond acceptors (Lipinski definition) is 3. The molecular weight excluding hydrogens is 224 g/mol. The van der Waals surface area contributed by atoms with Crippen LogP contribution in [0.3, 0.4) is 0 Å². The van der Waals surface area contributed by atoms with E-state index in [1.165, 1.54) is 11.3 Å². The van der Waals surface area contributed by atoms with Crippen LogP contribution in [0.4, 0.5) is 4.79 Å². The molecule has 5 heteroatoms. The second-order valence-corrected chi connectivity index (χ2v) is 4.21. The topological polar surface area (TPSA) is 52.6 Å². The van der Waals surface area contributed by atoms with Gasteiger partial charge < -0.3 is 15.3 Å². The van der Waals surface area contributed by atoms with Gasteiger partial charge in [0.15, 0.2) is 0 Å². The van der Waals surface area contributed by atoms with Crippen molar-refractivity contribution >= 4 is 17.4 Å². The molecule has 0 aliphatic heterocycles. The minimum Gasteiger partial charge on any atom is -0.387 e. The van der Waals surface area contributed by atoms with E-state index < -0.39 is 6.10 Å². The van der Waals surface area contributed by atoms with Crippen LogP contribution in [-0.2, 0) is 0 Å². The molecule has 2 N–H and O–H groups in total. The molecule has 0 bridgehead atoms. The first-order valence-electron chi connectivity index (χ1n) is 5.42. The van der Waals surface area contributed by atoms with Crippen molar-refractivity contribution < 1.29 is 9.90 Å². The smallest absolute Gasteiger partial charge is 0.317 e. The molecule has 4 nitrogen and oxygen atoms in total. The van der Waals surface area contributed by atoms with Crippen LogP contribution in [0.25, 0.3) is 0 Å². The molecule has 1 heterocycles. The lowest BCUT2D eigenvalue weighted by Crippen LogP contribution is -2.41. The van der Waals surface area contributed by atoms with Gasteiger partial charge in [-0.3, -0.25) is 0 Å². The Labute approximate surface area is 99.9 Å². The van der Waals surface area contributed by atoms with Crippen molar-refractivity contribution in [2.45, 2.75) is 20.0 Å². The maximum Gasteiger partial charge on any atom is 0.317 e. The minimum absolute atomic E-state index is 0.126. The van der Waals surface area contributed by atoms with Gasteiger partial charge in [-0.15, -0.1) is 0 Å². The van der Waals surface area contributed by atoms with Gasteiger partial charge in [0.05, 0.1) is 6.10 Å². The molecule has 2 amide bonds. The first-order chi connectivity index (χ1) is 7.69. The Balaban J connectivity index is 2.37. The van der Waals surface area contributed by atoms with E-state index in [9.17, 15) is 9.90 Å². The van der Waals surface area contributed by atoms with E-state index in [0.717, 1.165) is 5.56 Å². The van der Waals surface area contributed by atoms with Gasteiger partial charge in [-0.1, -0.05) is 0 Å². The summed E-state index contributed by atoms with van der Waals surface area (Å²) in [5, 5.41) is 16.3. The van der Waals surface area contributed by atoms with E-state index in [-0.39, 0.29) is 12.6 Å². The standard InChI is InChI=1S/C11H18N2O2S/c1-3-13(4-2)11(15)12-7-10(14)9-5-6-16-8-9/h5-6,8,10,14H,3-4,7H2,1-2H3,(H,12,15)/t10-/m1/s1. The van der Waals surface area contributed by atoms with E-state index >= 15 is 0 Å².